The van der Waals surface area contributed by atoms with E-state index < -0.39 is 0 Å². The highest BCUT2D eigenvalue weighted by molar-refractivity contribution is 6.18. The smallest absolute Gasteiger partial charge is 0.309 e. The molecular formula is C51H49N4+. The number of aromatic nitrogens is 2. The number of hydrogen-bond acceptors (Lipinski definition) is 0. The Bertz CT molecular complexity index is 2930. The second kappa shape index (κ2) is 12.8. The summed E-state index contributed by atoms with van der Waals surface area (Å²) in [6.07, 6.45) is 9.80. The van der Waals surface area contributed by atoms with Crippen molar-refractivity contribution in [2.24, 2.45) is 5.73 Å². The van der Waals surface area contributed by atoms with Crippen LogP contribution in [0.1, 0.15) is 106 Å². The first kappa shape index (κ1) is 34.7. The Morgan fingerprint density at radius 1 is 0.709 bits per heavy atom. The molecule has 0 radical (unpaired) electrons. The van der Waals surface area contributed by atoms with E-state index in [4.69, 9.17) is 5.73 Å². The molecule has 4 unspecified atom stereocenters. The molecule has 4 nitrogen and oxygen atoms in total. The summed E-state index contributed by atoms with van der Waals surface area (Å²) in [6.45, 7) is 24.5. The number of nitrogens with two attached hydrogens (primary N) is 1. The molecule has 4 heteroatoms. The molecule has 7 aromatic rings. The van der Waals surface area contributed by atoms with E-state index in [-0.39, 0.29) is 11.8 Å². The third kappa shape index (κ3) is 4.81. The molecule has 0 bridgehead atoms. The van der Waals surface area contributed by atoms with Crippen LogP contribution >= 0.6 is 0 Å². The molecule has 0 saturated carbocycles. The van der Waals surface area contributed by atoms with Crippen molar-refractivity contribution < 1.29 is 0 Å². The van der Waals surface area contributed by atoms with Crippen LogP contribution in [0.25, 0.3) is 71.7 Å². The molecule has 2 aliphatic rings. The summed E-state index contributed by atoms with van der Waals surface area (Å²) < 4.78 is 9.49. The van der Waals surface area contributed by atoms with Crippen molar-refractivity contribution in [1.29, 1.82) is 0 Å². The molecule has 2 N–H and O–H groups in total. The second-order valence-corrected chi connectivity index (χ2v) is 15.9. The molecule has 9 rings (SSSR count). The van der Waals surface area contributed by atoms with Gasteiger partial charge in [0.15, 0.2) is 0 Å². The lowest BCUT2D eigenvalue weighted by Gasteiger charge is -2.42. The number of benzene rings is 5. The van der Waals surface area contributed by atoms with Crippen LogP contribution in [0.4, 0.5) is 0 Å². The predicted octanol–water partition coefficient (Wildman–Crippen LogP) is 12.5. The van der Waals surface area contributed by atoms with E-state index in [1.807, 2.05) is 13.0 Å². The molecule has 0 fully saturated rings. The van der Waals surface area contributed by atoms with Gasteiger partial charge in [-0.25, -0.2) is 4.67 Å². The highest BCUT2D eigenvalue weighted by Gasteiger charge is 2.42. The molecule has 4 atom stereocenters. The zero-order valence-electron chi connectivity index (χ0n) is 33.0. The first-order chi connectivity index (χ1) is 26.6. The van der Waals surface area contributed by atoms with Crippen molar-refractivity contribution in [3.8, 4) is 16.8 Å². The number of allylic oxidation sites excluding steroid dienone is 6. The van der Waals surface area contributed by atoms with Gasteiger partial charge in [-0.15, -0.1) is 0 Å². The fourth-order valence-electron chi connectivity index (χ4n) is 9.94. The van der Waals surface area contributed by atoms with Crippen molar-refractivity contribution in [3.05, 3.63) is 150 Å². The van der Waals surface area contributed by atoms with E-state index in [0.29, 0.717) is 11.8 Å². The van der Waals surface area contributed by atoms with E-state index in [1.54, 1.807) is 0 Å². The van der Waals surface area contributed by atoms with E-state index in [2.05, 4.69) is 166 Å². The molecule has 0 amide bonds. The quantitative estimate of drug-likeness (QED) is 0.0792. The minimum Gasteiger partial charge on any atom is -0.309 e. The summed E-state index contributed by atoms with van der Waals surface area (Å²) in [5.41, 5.74) is 26.0. The van der Waals surface area contributed by atoms with Crippen LogP contribution in [0.3, 0.4) is 0 Å². The zero-order chi connectivity index (χ0) is 38.4. The largest absolute Gasteiger partial charge is 0.329 e. The van der Waals surface area contributed by atoms with Gasteiger partial charge < -0.3 is 9.13 Å². The fourth-order valence-corrected chi connectivity index (χ4v) is 9.94. The third-order valence-corrected chi connectivity index (χ3v) is 13.0. The standard InChI is InChI=1S/C51H48N4/c1-10-15-36(16-11-2)54-44-21-19-34(28(3)4)23-40(44)42-25-38-29(5)30(6)39-26-43-41-24-35(33(9)53-27-52)20-22-45(41)55(37-17-13-12-14-18-37)51(43)47-32(8)31(7)46(50(42)54)48(38)49(39)47/h10-27,29-32,52H,1,3H2,2,4-9H3/p+1/b16-11-,36-15+. The highest BCUT2D eigenvalue weighted by Crippen LogP contribution is 2.61. The second-order valence-electron chi connectivity index (χ2n) is 15.9. The summed E-state index contributed by atoms with van der Waals surface area (Å²) in [7, 11) is 0. The van der Waals surface area contributed by atoms with Crippen molar-refractivity contribution in [2.75, 3.05) is 0 Å². The Balaban J connectivity index is 1.50. The number of fused-ring (bicyclic) bond motifs is 8. The van der Waals surface area contributed by atoms with Gasteiger partial charge in [-0.05, 0) is 143 Å². The maximum absolute atomic E-state index is 5.76. The van der Waals surface area contributed by atoms with E-state index in [1.165, 1.54) is 94.6 Å². The average molecular weight is 718 g/mol. The van der Waals surface area contributed by atoms with E-state index >= 15 is 0 Å². The van der Waals surface area contributed by atoms with Gasteiger partial charge in [0.05, 0.1) is 22.1 Å². The van der Waals surface area contributed by atoms with Crippen LogP contribution in [-0.4, -0.2) is 21.2 Å². The van der Waals surface area contributed by atoms with Crippen LogP contribution in [0.5, 0.6) is 0 Å². The van der Waals surface area contributed by atoms with E-state index in [0.717, 1.165) is 22.5 Å². The first-order valence-corrected chi connectivity index (χ1v) is 19.7. The van der Waals surface area contributed by atoms with Crippen LogP contribution in [0, 0.1) is 0 Å². The van der Waals surface area contributed by atoms with Crippen molar-refractivity contribution in [1.82, 2.24) is 13.8 Å². The van der Waals surface area contributed by atoms with Gasteiger partial charge in [0.25, 0.3) is 0 Å². The van der Waals surface area contributed by atoms with Crippen molar-refractivity contribution >= 4 is 66.9 Å². The van der Waals surface area contributed by atoms with Crippen LogP contribution in [0.2, 0.25) is 0 Å². The Hall–Kier alpha value is -6.09. The average Bonchev–Trinajstić information content (AvgIpc) is 3.69. The molecule has 2 heterocycles. The summed E-state index contributed by atoms with van der Waals surface area (Å²) in [6, 6.07) is 29.6. The number of rotatable bonds is 6. The Kier molecular flexibility index (Phi) is 8.04. The van der Waals surface area contributed by atoms with Gasteiger partial charge in [0, 0.05) is 45.4 Å². The summed E-state index contributed by atoms with van der Waals surface area (Å²) >= 11 is 0. The Morgan fingerprint density at radius 2 is 1.29 bits per heavy atom. The highest BCUT2D eigenvalue weighted by atomic mass is 15.0. The number of hydrogen-bond donors (Lipinski definition) is 1. The molecule has 5 aromatic carbocycles. The number of para-hydroxylation sites is 1. The molecule has 272 valence electrons. The first-order valence-electron chi connectivity index (χ1n) is 19.7. The normalized spacial score (nSPS) is 19.0. The van der Waals surface area contributed by atoms with Gasteiger partial charge in [-0.2, -0.15) is 0 Å². The van der Waals surface area contributed by atoms with Gasteiger partial charge in [-0.1, -0.05) is 82.8 Å². The maximum Gasteiger partial charge on any atom is 0.329 e. The minimum atomic E-state index is 0.232. The molecule has 2 aromatic heterocycles. The van der Waals surface area contributed by atoms with Crippen LogP contribution < -0.4 is 10.4 Å². The third-order valence-electron chi connectivity index (χ3n) is 13.0. The van der Waals surface area contributed by atoms with Crippen molar-refractivity contribution in [3.63, 3.8) is 0 Å². The lowest BCUT2D eigenvalue weighted by molar-refractivity contribution is 0.584. The lowest BCUT2D eigenvalue weighted by atomic mass is 9.62. The van der Waals surface area contributed by atoms with Crippen LogP contribution in [0.15, 0.2) is 116 Å². The number of nitrogens with zero attached hydrogens (tertiary/aromatic N) is 3. The van der Waals surface area contributed by atoms with Gasteiger partial charge in [0.2, 0.25) is 5.71 Å². The topological polar surface area (TPSA) is 50.0 Å². The fraction of sp³-hybridized carbons (Fsp3) is 0.216. The SMILES string of the molecule is C=C/C=C(\C=C/C)n1c2ccc(C(=C)C)cc2c2cc3c4c(c21)C(C)C(C)c1c-4c(cc2c4cc(C(C)=[N+]=CN)ccc4n(-c4ccccc4)c12)C(C)C3C. The predicted molar refractivity (Wildman–Crippen MR) is 239 cm³/mol. The Morgan fingerprint density at radius 3 is 1.91 bits per heavy atom. The molecule has 2 aliphatic carbocycles. The summed E-state index contributed by atoms with van der Waals surface area (Å²) in [5.74, 6) is 1.11. The molecule has 0 saturated heterocycles. The van der Waals surface area contributed by atoms with Crippen LogP contribution in [-0.2, 0) is 0 Å². The Labute approximate surface area is 324 Å². The lowest BCUT2D eigenvalue weighted by Crippen LogP contribution is -2.24. The molecule has 0 spiro atoms. The molecular weight excluding hydrogens is 669 g/mol. The van der Waals surface area contributed by atoms with Crippen molar-refractivity contribution in [2.45, 2.75) is 72.1 Å². The monoisotopic (exact) mass is 717 g/mol. The zero-order valence-corrected chi connectivity index (χ0v) is 33.0. The maximum atomic E-state index is 5.76. The summed E-state index contributed by atoms with van der Waals surface area (Å²) in [5, 5.41) is 5.13. The van der Waals surface area contributed by atoms with Gasteiger partial charge >= 0.3 is 6.34 Å². The van der Waals surface area contributed by atoms with E-state index in [9.17, 15) is 0 Å². The molecule has 55 heavy (non-hydrogen) atoms. The molecule has 0 aliphatic heterocycles. The van der Waals surface area contributed by atoms with Gasteiger partial charge in [-0.3, -0.25) is 5.73 Å². The minimum absolute atomic E-state index is 0.232. The van der Waals surface area contributed by atoms with Gasteiger partial charge in [0.1, 0.15) is 0 Å². The summed E-state index contributed by atoms with van der Waals surface area (Å²) in [4.78, 5) is 0.